The Balaban J connectivity index is 1.48. The first kappa shape index (κ1) is 25.8. The highest BCUT2D eigenvalue weighted by Gasteiger charge is 2.36. The Morgan fingerprint density at radius 3 is 2.30 bits per heavy atom. The molecule has 0 bridgehead atoms. The number of carbonyl (C=O) groups excluding carboxylic acids is 3. The van der Waals surface area contributed by atoms with Crippen LogP contribution in [0.5, 0.6) is 11.5 Å². The minimum Gasteiger partial charge on any atom is -0.497 e. The Morgan fingerprint density at radius 2 is 1.68 bits per heavy atom. The second-order valence-corrected chi connectivity index (χ2v) is 8.81. The number of methoxy groups -OCH3 is 2. The topological polar surface area (TPSA) is 110 Å². The summed E-state index contributed by atoms with van der Waals surface area (Å²) in [4.78, 5) is 41.3. The van der Waals surface area contributed by atoms with Crippen molar-refractivity contribution in [2.75, 3.05) is 26.1 Å². The molecular weight excluding hydrogens is 474 g/mol. The van der Waals surface area contributed by atoms with E-state index >= 15 is 0 Å². The second kappa shape index (κ2) is 12.1. The monoisotopic (exact) mass is 505 g/mol. The van der Waals surface area contributed by atoms with Gasteiger partial charge in [0.25, 0.3) is 5.91 Å². The third-order valence-electron chi connectivity index (χ3n) is 6.44. The third kappa shape index (κ3) is 6.49. The van der Waals surface area contributed by atoms with Crippen molar-refractivity contribution in [3.8, 4) is 11.5 Å². The van der Waals surface area contributed by atoms with Crippen LogP contribution >= 0.6 is 0 Å². The molecular formula is C28H31N3O6. The molecule has 194 valence electrons. The number of nitrogens with one attached hydrogen (secondary N) is 2. The van der Waals surface area contributed by atoms with E-state index in [1.807, 2.05) is 6.07 Å². The molecule has 9 nitrogen and oxygen atoms in total. The number of amides is 3. The fourth-order valence-corrected chi connectivity index (χ4v) is 4.39. The smallest absolute Gasteiger partial charge is 0.251 e. The number of aryl methyl sites for hydroxylation is 1. The molecule has 1 saturated heterocycles. The minimum atomic E-state index is -0.969. The van der Waals surface area contributed by atoms with Crippen LogP contribution in [0.15, 0.2) is 71.5 Å². The van der Waals surface area contributed by atoms with Crippen LogP contribution in [0.2, 0.25) is 0 Å². The number of likely N-dealkylation sites (tertiary alicyclic amines) is 1. The van der Waals surface area contributed by atoms with Gasteiger partial charge in [0.2, 0.25) is 11.8 Å². The molecule has 0 radical (unpaired) electrons. The molecule has 0 unspecified atom stereocenters. The molecule has 1 aromatic heterocycles. The van der Waals surface area contributed by atoms with Gasteiger partial charge in [-0.15, -0.1) is 0 Å². The van der Waals surface area contributed by atoms with E-state index in [4.69, 9.17) is 13.9 Å². The van der Waals surface area contributed by atoms with Crippen LogP contribution in [0.3, 0.4) is 0 Å². The van der Waals surface area contributed by atoms with E-state index in [2.05, 4.69) is 10.6 Å². The van der Waals surface area contributed by atoms with Crippen molar-refractivity contribution < 1.29 is 28.3 Å². The zero-order chi connectivity index (χ0) is 26.2. The maximum absolute atomic E-state index is 13.4. The van der Waals surface area contributed by atoms with E-state index in [1.54, 1.807) is 80.2 Å². The van der Waals surface area contributed by atoms with Crippen molar-refractivity contribution in [2.24, 2.45) is 0 Å². The van der Waals surface area contributed by atoms with Gasteiger partial charge in [-0.2, -0.15) is 0 Å². The molecule has 2 atom stereocenters. The van der Waals surface area contributed by atoms with Crippen molar-refractivity contribution in [3.05, 3.63) is 78.3 Å². The molecule has 2 aromatic carbocycles. The fourth-order valence-electron chi connectivity index (χ4n) is 4.39. The van der Waals surface area contributed by atoms with Gasteiger partial charge in [0.1, 0.15) is 23.6 Å². The number of anilines is 1. The molecule has 0 aliphatic carbocycles. The Hall–Kier alpha value is -4.27. The molecule has 2 heterocycles. The third-order valence-corrected chi connectivity index (χ3v) is 6.44. The Kier molecular flexibility index (Phi) is 8.45. The standard InChI is InChI=1S/C28H31N3O6/c1-35-22-10-6-20(7-11-22)26(28(34)29-21-8-12-23(36-2)13-9-21)30-27(33)24-4-3-16-31(24)25(32)14-5-19-15-17-37-18-19/h6-13,15,17-18,24,26H,3-5,14,16H2,1-2H3,(H,29,34)(H,30,33)/t24-,26-/m0/s1. The van der Waals surface area contributed by atoms with Gasteiger partial charge in [-0.1, -0.05) is 12.1 Å². The van der Waals surface area contributed by atoms with Crippen LogP contribution in [0.1, 0.15) is 36.4 Å². The van der Waals surface area contributed by atoms with Gasteiger partial charge in [0.05, 0.1) is 26.7 Å². The quantitative estimate of drug-likeness (QED) is 0.435. The normalized spacial score (nSPS) is 15.6. The van der Waals surface area contributed by atoms with Crippen molar-refractivity contribution >= 4 is 23.4 Å². The number of furan rings is 1. The second-order valence-electron chi connectivity index (χ2n) is 8.81. The lowest BCUT2D eigenvalue weighted by Gasteiger charge is -2.26. The molecule has 3 amide bonds. The maximum Gasteiger partial charge on any atom is 0.251 e. The zero-order valence-corrected chi connectivity index (χ0v) is 20.9. The Bertz CT molecular complexity index is 1190. The average molecular weight is 506 g/mol. The van der Waals surface area contributed by atoms with Crippen LogP contribution in [0.4, 0.5) is 5.69 Å². The average Bonchev–Trinajstić information content (AvgIpc) is 3.63. The molecule has 4 rings (SSSR count). The van der Waals surface area contributed by atoms with Gasteiger partial charge in [-0.05, 0) is 72.9 Å². The van der Waals surface area contributed by atoms with Crippen LogP contribution in [0, 0.1) is 0 Å². The number of hydrogen-bond acceptors (Lipinski definition) is 6. The highest BCUT2D eigenvalue weighted by Crippen LogP contribution is 2.24. The molecule has 1 fully saturated rings. The van der Waals surface area contributed by atoms with Gasteiger partial charge >= 0.3 is 0 Å². The van der Waals surface area contributed by atoms with E-state index in [9.17, 15) is 14.4 Å². The van der Waals surface area contributed by atoms with E-state index in [0.717, 1.165) is 12.0 Å². The number of nitrogens with zero attached hydrogens (tertiary/aromatic N) is 1. The highest BCUT2D eigenvalue weighted by atomic mass is 16.5. The first-order chi connectivity index (χ1) is 18.0. The molecule has 3 aromatic rings. The predicted molar refractivity (Wildman–Crippen MR) is 137 cm³/mol. The lowest BCUT2D eigenvalue weighted by atomic mass is 10.0. The largest absolute Gasteiger partial charge is 0.497 e. The molecule has 9 heteroatoms. The molecule has 2 N–H and O–H groups in total. The van der Waals surface area contributed by atoms with Crippen LogP contribution in [-0.4, -0.2) is 49.4 Å². The summed E-state index contributed by atoms with van der Waals surface area (Å²) in [5, 5.41) is 5.74. The summed E-state index contributed by atoms with van der Waals surface area (Å²) < 4.78 is 15.5. The fraction of sp³-hybridized carbons (Fsp3) is 0.321. The van der Waals surface area contributed by atoms with Gasteiger partial charge in [0, 0.05) is 18.7 Å². The van der Waals surface area contributed by atoms with Crippen LogP contribution < -0.4 is 20.1 Å². The molecule has 0 saturated carbocycles. The summed E-state index contributed by atoms with van der Waals surface area (Å²) in [6.45, 7) is 0.507. The van der Waals surface area contributed by atoms with Gasteiger partial charge < -0.3 is 29.4 Å². The summed E-state index contributed by atoms with van der Waals surface area (Å²) in [6.07, 6.45) is 5.27. The lowest BCUT2D eigenvalue weighted by molar-refractivity contribution is -0.139. The van der Waals surface area contributed by atoms with Gasteiger partial charge in [-0.3, -0.25) is 14.4 Å². The van der Waals surface area contributed by atoms with Crippen molar-refractivity contribution in [1.82, 2.24) is 10.2 Å². The number of benzene rings is 2. The van der Waals surface area contributed by atoms with E-state index in [0.29, 0.717) is 42.1 Å². The molecule has 1 aliphatic heterocycles. The maximum atomic E-state index is 13.4. The molecule has 1 aliphatic rings. The van der Waals surface area contributed by atoms with E-state index in [-0.39, 0.29) is 18.2 Å². The Morgan fingerprint density at radius 1 is 1.00 bits per heavy atom. The summed E-state index contributed by atoms with van der Waals surface area (Å²) in [5.41, 5.74) is 2.09. The number of ether oxygens (including phenoxy) is 2. The van der Waals surface area contributed by atoms with Crippen LogP contribution in [0.25, 0.3) is 0 Å². The minimum absolute atomic E-state index is 0.0949. The summed E-state index contributed by atoms with van der Waals surface area (Å²) in [7, 11) is 3.13. The van der Waals surface area contributed by atoms with Crippen molar-refractivity contribution in [3.63, 3.8) is 0 Å². The summed E-state index contributed by atoms with van der Waals surface area (Å²) >= 11 is 0. The van der Waals surface area contributed by atoms with Crippen molar-refractivity contribution in [1.29, 1.82) is 0 Å². The summed E-state index contributed by atoms with van der Waals surface area (Å²) in [5.74, 6) is 0.438. The first-order valence-corrected chi connectivity index (χ1v) is 12.2. The van der Waals surface area contributed by atoms with Gasteiger partial charge in [-0.25, -0.2) is 0 Å². The predicted octanol–water partition coefficient (Wildman–Crippen LogP) is 3.72. The number of carbonyl (C=O) groups is 3. The van der Waals surface area contributed by atoms with E-state index < -0.39 is 18.0 Å². The Labute approximate surface area is 215 Å². The SMILES string of the molecule is COc1ccc(NC(=O)[C@@H](NC(=O)[C@@H]2CCCN2C(=O)CCc2ccoc2)c2ccc(OC)cc2)cc1. The lowest BCUT2D eigenvalue weighted by Crippen LogP contribution is -2.48. The van der Waals surface area contributed by atoms with Crippen molar-refractivity contribution in [2.45, 2.75) is 37.8 Å². The number of rotatable bonds is 10. The molecule has 37 heavy (non-hydrogen) atoms. The summed E-state index contributed by atoms with van der Waals surface area (Å²) in [6, 6.07) is 14.1. The zero-order valence-electron chi connectivity index (χ0n) is 20.9. The van der Waals surface area contributed by atoms with Crippen LogP contribution in [-0.2, 0) is 20.8 Å². The number of hydrogen-bond donors (Lipinski definition) is 2. The van der Waals surface area contributed by atoms with Gasteiger partial charge in [0.15, 0.2) is 0 Å². The molecule has 0 spiro atoms. The highest BCUT2D eigenvalue weighted by molar-refractivity contribution is 5.99. The first-order valence-electron chi connectivity index (χ1n) is 12.2. The van der Waals surface area contributed by atoms with E-state index in [1.165, 1.54) is 0 Å².